The van der Waals surface area contributed by atoms with Gasteiger partial charge in [-0.15, -0.1) is 0 Å². The predicted molar refractivity (Wildman–Crippen MR) is 51.4 cm³/mol. The lowest BCUT2D eigenvalue weighted by atomic mass is 9.67. The Labute approximate surface area is 70.3 Å². The fourth-order valence-corrected chi connectivity index (χ4v) is 1.98. The Morgan fingerprint density at radius 3 is 3.00 bits per heavy atom. The molecule has 64 valence electrons. The molecule has 0 heterocycles. The van der Waals surface area contributed by atoms with Crippen molar-refractivity contribution in [2.24, 2.45) is 5.73 Å². The van der Waals surface area contributed by atoms with Crippen LogP contribution in [0.5, 0.6) is 0 Å². The maximum atomic E-state index is 6.06. The minimum absolute atomic E-state index is 0.0884. The molecule has 0 spiro atoms. The summed E-state index contributed by atoms with van der Waals surface area (Å²) in [7, 11) is 2.16. The lowest BCUT2D eigenvalue weighted by molar-refractivity contribution is 0.316. The molecular weight excluding hydrogens is 135 g/mol. The van der Waals surface area contributed by atoms with Crippen LogP contribution in [0, 0.1) is 0 Å². The van der Waals surface area contributed by atoms with Crippen LogP contribution in [0.1, 0.15) is 32.6 Å². The molecule has 2 unspecified atom stereocenters. The Kier molecular flexibility index (Phi) is 2.96. The molecule has 0 radical (unpaired) electrons. The first-order chi connectivity index (χ1) is 5.14. The van der Waals surface area contributed by atoms with E-state index in [9.17, 15) is 0 Å². The molecule has 0 aliphatic heterocycles. The third-order valence-electron chi connectivity index (χ3n) is 2.51. The molecule has 1 saturated carbocycles. The third-order valence-corrected chi connectivity index (χ3v) is 2.51. The van der Waals surface area contributed by atoms with Crippen molar-refractivity contribution in [1.82, 2.24) is 5.32 Å². The number of hydrogen-bond acceptors (Lipinski definition) is 2. The molecule has 0 saturated heterocycles. The molecule has 1 rings (SSSR count). The van der Waals surface area contributed by atoms with Crippen LogP contribution in [0.4, 0.5) is 0 Å². The van der Waals surface area contributed by atoms with Gasteiger partial charge in [-0.2, -0.15) is 0 Å². The van der Waals surface area contributed by atoms with Crippen molar-refractivity contribution in [3.8, 4) is 0 Å². The van der Waals surface area contributed by atoms with Crippen molar-refractivity contribution in [3.63, 3.8) is 0 Å². The summed E-state index contributed by atoms with van der Waals surface area (Å²) in [6.45, 7) is 3.23. The maximum Gasteiger partial charge on any atom is 0.127 e. The summed E-state index contributed by atoms with van der Waals surface area (Å²) < 4.78 is 0. The standard InChI is InChI=1S/C8H19BN2/c1-2-11-7-4-3-5-8(9,10)6-7/h7,11H,2-6,9-10H2,1H3. The Morgan fingerprint density at radius 1 is 1.73 bits per heavy atom. The first-order valence-electron chi connectivity index (χ1n) is 4.66. The van der Waals surface area contributed by atoms with Gasteiger partial charge in [0, 0.05) is 6.04 Å². The van der Waals surface area contributed by atoms with E-state index in [2.05, 4.69) is 20.1 Å². The van der Waals surface area contributed by atoms with Gasteiger partial charge in [0.2, 0.25) is 0 Å². The van der Waals surface area contributed by atoms with Gasteiger partial charge in [0.25, 0.3) is 0 Å². The lowest BCUT2D eigenvalue weighted by Gasteiger charge is -2.35. The van der Waals surface area contributed by atoms with Gasteiger partial charge in [-0.1, -0.05) is 13.3 Å². The summed E-state index contributed by atoms with van der Waals surface area (Å²) in [6, 6.07) is 0.670. The van der Waals surface area contributed by atoms with E-state index in [1.54, 1.807) is 0 Å². The second-order valence-corrected chi connectivity index (χ2v) is 4.00. The fourth-order valence-electron chi connectivity index (χ4n) is 1.98. The molecule has 0 amide bonds. The average Bonchev–Trinajstić information content (AvgIpc) is 1.85. The Hall–Kier alpha value is -0.0151. The van der Waals surface area contributed by atoms with Crippen LogP contribution in [0.25, 0.3) is 0 Å². The highest BCUT2D eigenvalue weighted by atomic mass is 14.9. The van der Waals surface area contributed by atoms with Crippen molar-refractivity contribution in [3.05, 3.63) is 0 Å². The van der Waals surface area contributed by atoms with Gasteiger partial charge in [-0.05, 0) is 31.2 Å². The molecular formula is C8H19BN2. The fraction of sp³-hybridized carbons (Fsp3) is 1.00. The van der Waals surface area contributed by atoms with Crippen molar-refractivity contribution >= 4 is 7.85 Å². The zero-order valence-electron chi connectivity index (χ0n) is 7.69. The van der Waals surface area contributed by atoms with Crippen LogP contribution < -0.4 is 11.1 Å². The lowest BCUT2D eigenvalue weighted by Crippen LogP contribution is -2.50. The van der Waals surface area contributed by atoms with Gasteiger partial charge >= 0.3 is 0 Å². The monoisotopic (exact) mass is 154 g/mol. The summed E-state index contributed by atoms with van der Waals surface area (Å²) in [5.41, 5.74) is 6.15. The highest BCUT2D eigenvalue weighted by Gasteiger charge is 2.27. The minimum atomic E-state index is 0.0884. The quantitative estimate of drug-likeness (QED) is 0.542. The Balaban J connectivity index is 2.34. The molecule has 1 aliphatic rings. The van der Waals surface area contributed by atoms with Crippen LogP contribution in [-0.4, -0.2) is 25.9 Å². The second-order valence-electron chi connectivity index (χ2n) is 4.00. The zero-order chi connectivity index (χ0) is 8.32. The van der Waals surface area contributed by atoms with E-state index in [1.807, 2.05) is 0 Å². The first-order valence-corrected chi connectivity index (χ1v) is 4.66. The molecule has 3 N–H and O–H groups in total. The van der Waals surface area contributed by atoms with Crippen molar-refractivity contribution in [1.29, 1.82) is 0 Å². The van der Waals surface area contributed by atoms with Gasteiger partial charge in [-0.3, -0.25) is 0 Å². The van der Waals surface area contributed by atoms with E-state index in [0.717, 1.165) is 13.0 Å². The number of nitrogens with two attached hydrogens (primary N) is 1. The molecule has 0 aromatic heterocycles. The first kappa shape index (κ1) is 9.08. The molecule has 0 aromatic rings. The summed E-state index contributed by atoms with van der Waals surface area (Å²) in [5, 5.41) is 3.46. The minimum Gasteiger partial charge on any atom is -0.332 e. The Bertz CT molecular complexity index is 123. The largest absolute Gasteiger partial charge is 0.332 e. The van der Waals surface area contributed by atoms with Crippen LogP contribution in [0.2, 0.25) is 0 Å². The Morgan fingerprint density at radius 2 is 2.45 bits per heavy atom. The molecule has 2 nitrogen and oxygen atoms in total. The van der Waals surface area contributed by atoms with E-state index in [4.69, 9.17) is 5.73 Å². The molecule has 3 heteroatoms. The van der Waals surface area contributed by atoms with Gasteiger partial charge in [-0.25, -0.2) is 0 Å². The number of rotatable bonds is 2. The highest BCUT2D eigenvalue weighted by molar-refractivity contribution is 6.15. The van der Waals surface area contributed by atoms with Gasteiger partial charge in [0.05, 0.1) is 0 Å². The normalized spacial score (nSPS) is 38.9. The van der Waals surface area contributed by atoms with Gasteiger partial charge in [0.15, 0.2) is 0 Å². The molecule has 1 aliphatic carbocycles. The van der Waals surface area contributed by atoms with Crippen LogP contribution in [0.3, 0.4) is 0 Å². The van der Waals surface area contributed by atoms with E-state index >= 15 is 0 Å². The summed E-state index contributed by atoms with van der Waals surface area (Å²) in [5.74, 6) is 0. The van der Waals surface area contributed by atoms with Gasteiger partial charge in [0.1, 0.15) is 7.85 Å². The molecule has 1 fully saturated rings. The van der Waals surface area contributed by atoms with E-state index < -0.39 is 0 Å². The average molecular weight is 154 g/mol. The number of hydrogen-bond donors (Lipinski definition) is 2. The van der Waals surface area contributed by atoms with Crippen molar-refractivity contribution in [2.45, 2.75) is 44.1 Å². The molecule has 0 aromatic carbocycles. The predicted octanol–water partition coefficient (Wildman–Crippen LogP) is -0.173. The molecule has 2 atom stereocenters. The van der Waals surface area contributed by atoms with Crippen LogP contribution >= 0.6 is 0 Å². The second kappa shape index (κ2) is 3.59. The van der Waals surface area contributed by atoms with Crippen molar-refractivity contribution < 1.29 is 0 Å². The molecule has 11 heavy (non-hydrogen) atoms. The SMILES string of the molecule is BC1(N)CCCC(NCC)C1. The highest BCUT2D eigenvalue weighted by Crippen LogP contribution is 2.23. The maximum absolute atomic E-state index is 6.06. The zero-order valence-corrected chi connectivity index (χ0v) is 7.69. The van der Waals surface area contributed by atoms with E-state index in [1.165, 1.54) is 19.3 Å². The topological polar surface area (TPSA) is 38.0 Å². The number of nitrogens with one attached hydrogen (secondary N) is 1. The van der Waals surface area contributed by atoms with E-state index in [0.29, 0.717) is 6.04 Å². The third kappa shape index (κ3) is 2.84. The molecule has 0 bridgehead atoms. The van der Waals surface area contributed by atoms with Gasteiger partial charge < -0.3 is 11.1 Å². The smallest absolute Gasteiger partial charge is 0.127 e. The summed E-state index contributed by atoms with van der Waals surface area (Å²) >= 11 is 0. The van der Waals surface area contributed by atoms with Crippen molar-refractivity contribution in [2.75, 3.05) is 6.54 Å². The summed E-state index contributed by atoms with van der Waals surface area (Å²) in [6.07, 6.45) is 4.92. The van der Waals surface area contributed by atoms with E-state index in [-0.39, 0.29) is 5.44 Å². The summed E-state index contributed by atoms with van der Waals surface area (Å²) in [4.78, 5) is 0. The van der Waals surface area contributed by atoms with Crippen LogP contribution in [-0.2, 0) is 0 Å². The van der Waals surface area contributed by atoms with Crippen LogP contribution in [0.15, 0.2) is 0 Å².